The van der Waals surface area contributed by atoms with E-state index in [1.54, 1.807) is 6.07 Å². The Labute approximate surface area is 105 Å². The molecule has 0 aliphatic heterocycles. The van der Waals surface area contributed by atoms with Crippen LogP contribution in [0.3, 0.4) is 0 Å². The average Bonchev–Trinajstić information content (AvgIpc) is 2.33. The van der Waals surface area contributed by atoms with Gasteiger partial charge in [-0.15, -0.1) is 0 Å². The predicted molar refractivity (Wildman–Crippen MR) is 69.6 cm³/mol. The lowest BCUT2D eigenvalue weighted by atomic mass is 10.0. The van der Waals surface area contributed by atoms with Crippen LogP contribution in [-0.4, -0.2) is 7.05 Å². The van der Waals surface area contributed by atoms with Crippen LogP contribution < -0.4 is 5.32 Å². The SMILES string of the molecule is CNCc1cccc(-c2ccc(Cl)c(F)c2)c1. The third-order valence-corrected chi connectivity index (χ3v) is 2.87. The molecule has 0 saturated carbocycles. The summed E-state index contributed by atoms with van der Waals surface area (Å²) in [7, 11) is 1.90. The van der Waals surface area contributed by atoms with Crippen molar-refractivity contribution in [2.75, 3.05) is 7.05 Å². The van der Waals surface area contributed by atoms with E-state index in [0.29, 0.717) is 0 Å². The molecule has 0 aliphatic rings. The van der Waals surface area contributed by atoms with Crippen LogP contribution in [0.15, 0.2) is 42.5 Å². The van der Waals surface area contributed by atoms with Gasteiger partial charge in [0.25, 0.3) is 0 Å². The van der Waals surface area contributed by atoms with Crippen molar-refractivity contribution >= 4 is 11.6 Å². The van der Waals surface area contributed by atoms with Gasteiger partial charge >= 0.3 is 0 Å². The minimum absolute atomic E-state index is 0.153. The molecule has 0 saturated heterocycles. The molecule has 1 nitrogen and oxygen atoms in total. The van der Waals surface area contributed by atoms with Crippen LogP contribution in [0, 0.1) is 5.82 Å². The number of rotatable bonds is 3. The number of benzene rings is 2. The number of nitrogens with one attached hydrogen (secondary N) is 1. The van der Waals surface area contributed by atoms with E-state index < -0.39 is 0 Å². The Bertz CT molecular complexity index is 525. The van der Waals surface area contributed by atoms with Crippen molar-refractivity contribution in [2.24, 2.45) is 0 Å². The zero-order valence-corrected chi connectivity index (χ0v) is 10.3. The highest BCUT2D eigenvalue weighted by Gasteiger charge is 2.03. The van der Waals surface area contributed by atoms with Crippen molar-refractivity contribution in [1.82, 2.24) is 5.32 Å². The quantitative estimate of drug-likeness (QED) is 0.871. The lowest BCUT2D eigenvalue weighted by molar-refractivity contribution is 0.629. The summed E-state index contributed by atoms with van der Waals surface area (Å²) in [5.41, 5.74) is 3.00. The molecule has 0 heterocycles. The Hall–Kier alpha value is -1.38. The molecular weight excluding hydrogens is 237 g/mol. The summed E-state index contributed by atoms with van der Waals surface area (Å²) < 4.78 is 13.4. The van der Waals surface area contributed by atoms with E-state index in [1.807, 2.05) is 37.4 Å². The molecule has 17 heavy (non-hydrogen) atoms. The van der Waals surface area contributed by atoms with Gasteiger partial charge in [-0.1, -0.05) is 35.9 Å². The Balaban J connectivity index is 2.38. The van der Waals surface area contributed by atoms with Gasteiger partial charge in [0.2, 0.25) is 0 Å². The Morgan fingerprint density at radius 2 is 1.88 bits per heavy atom. The van der Waals surface area contributed by atoms with Crippen LogP contribution in [0.2, 0.25) is 5.02 Å². The lowest BCUT2D eigenvalue weighted by Gasteiger charge is -2.06. The Morgan fingerprint density at radius 3 is 2.59 bits per heavy atom. The van der Waals surface area contributed by atoms with Gasteiger partial charge in [-0.25, -0.2) is 4.39 Å². The number of hydrogen-bond donors (Lipinski definition) is 1. The van der Waals surface area contributed by atoms with Crippen LogP contribution in [0.25, 0.3) is 11.1 Å². The molecule has 0 amide bonds. The van der Waals surface area contributed by atoms with E-state index in [1.165, 1.54) is 11.6 Å². The van der Waals surface area contributed by atoms with Crippen LogP contribution >= 0.6 is 11.6 Å². The van der Waals surface area contributed by atoms with Crippen molar-refractivity contribution < 1.29 is 4.39 Å². The zero-order valence-electron chi connectivity index (χ0n) is 9.50. The highest BCUT2D eigenvalue weighted by Crippen LogP contribution is 2.24. The normalized spacial score (nSPS) is 10.5. The van der Waals surface area contributed by atoms with Crippen molar-refractivity contribution in [3.63, 3.8) is 0 Å². The van der Waals surface area contributed by atoms with Crippen LogP contribution in [-0.2, 0) is 6.54 Å². The van der Waals surface area contributed by atoms with Crippen LogP contribution in [0.5, 0.6) is 0 Å². The molecule has 2 aromatic carbocycles. The van der Waals surface area contributed by atoms with Crippen molar-refractivity contribution in [1.29, 1.82) is 0 Å². The molecule has 1 N–H and O–H groups in total. The summed E-state index contributed by atoms with van der Waals surface area (Å²) >= 11 is 5.66. The smallest absolute Gasteiger partial charge is 0.142 e. The minimum atomic E-state index is -0.386. The first-order valence-electron chi connectivity index (χ1n) is 5.39. The van der Waals surface area contributed by atoms with Crippen molar-refractivity contribution in [3.05, 3.63) is 58.9 Å². The van der Waals surface area contributed by atoms with E-state index in [0.717, 1.165) is 17.7 Å². The standard InChI is InChI=1S/C14H13ClFN/c1-17-9-10-3-2-4-11(7-10)12-5-6-13(15)14(16)8-12/h2-8,17H,9H2,1H3. The van der Waals surface area contributed by atoms with Gasteiger partial charge in [-0.3, -0.25) is 0 Å². The van der Waals surface area contributed by atoms with Gasteiger partial charge in [0.15, 0.2) is 0 Å². The average molecular weight is 250 g/mol. The van der Waals surface area contributed by atoms with E-state index in [4.69, 9.17) is 11.6 Å². The molecule has 88 valence electrons. The summed E-state index contributed by atoms with van der Waals surface area (Å²) in [6.45, 7) is 0.796. The highest BCUT2D eigenvalue weighted by atomic mass is 35.5. The number of hydrogen-bond acceptors (Lipinski definition) is 1. The fourth-order valence-corrected chi connectivity index (χ4v) is 1.86. The predicted octanol–water partition coefficient (Wildman–Crippen LogP) is 3.87. The molecule has 2 aromatic rings. The fraction of sp³-hybridized carbons (Fsp3) is 0.143. The second-order valence-electron chi connectivity index (χ2n) is 3.86. The van der Waals surface area contributed by atoms with E-state index in [-0.39, 0.29) is 10.8 Å². The van der Waals surface area contributed by atoms with Crippen LogP contribution in [0.1, 0.15) is 5.56 Å². The van der Waals surface area contributed by atoms with Gasteiger partial charge in [0.05, 0.1) is 5.02 Å². The summed E-state index contributed by atoms with van der Waals surface area (Å²) in [5.74, 6) is -0.386. The topological polar surface area (TPSA) is 12.0 Å². The molecule has 0 spiro atoms. The molecule has 0 bridgehead atoms. The molecular formula is C14H13ClFN. The largest absolute Gasteiger partial charge is 0.316 e. The molecule has 0 fully saturated rings. The molecule has 0 aromatic heterocycles. The summed E-state index contributed by atoms with van der Waals surface area (Å²) in [5, 5.41) is 3.24. The summed E-state index contributed by atoms with van der Waals surface area (Å²) in [4.78, 5) is 0. The Morgan fingerprint density at radius 1 is 1.12 bits per heavy atom. The Kier molecular flexibility index (Phi) is 3.77. The maximum atomic E-state index is 13.4. The van der Waals surface area contributed by atoms with E-state index >= 15 is 0 Å². The number of halogens is 2. The first-order chi connectivity index (χ1) is 8.20. The van der Waals surface area contributed by atoms with Gasteiger partial charge < -0.3 is 5.32 Å². The molecule has 3 heteroatoms. The lowest BCUT2D eigenvalue weighted by Crippen LogP contribution is -2.04. The fourth-order valence-electron chi connectivity index (χ4n) is 1.74. The van der Waals surface area contributed by atoms with Gasteiger partial charge in [0.1, 0.15) is 5.82 Å². The van der Waals surface area contributed by atoms with Crippen LogP contribution in [0.4, 0.5) is 4.39 Å². The first kappa shape index (κ1) is 12.1. The molecule has 0 aliphatic carbocycles. The molecule has 0 atom stereocenters. The highest BCUT2D eigenvalue weighted by molar-refractivity contribution is 6.30. The molecule has 0 unspecified atom stereocenters. The third kappa shape index (κ3) is 2.84. The summed E-state index contributed by atoms with van der Waals surface area (Å²) in [6, 6.07) is 12.9. The third-order valence-electron chi connectivity index (χ3n) is 2.56. The van der Waals surface area contributed by atoms with Gasteiger partial charge in [-0.2, -0.15) is 0 Å². The zero-order chi connectivity index (χ0) is 12.3. The maximum absolute atomic E-state index is 13.4. The first-order valence-corrected chi connectivity index (χ1v) is 5.77. The minimum Gasteiger partial charge on any atom is -0.316 e. The van der Waals surface area contributed by atoms with Gasteiger partial charge in [0, 0.05) is 6.54 Å². The monoisotopic (exact) mass is 249 g/mol. The maximum Gasteiger partial charge on any atom is 0.142 e. The second kappa shape index (κ2) is 5.30. The summed E-state index contributed by atoms with van der Waals surface area (Å²) in [6.07, 6.45) is 0. The van der Waals surface area contributed by atoms with Crippen molar-refractivity contribution in [2.45, 2.75) is 6.54 Å². The van der Waals surface area contributed by atoms with E-state index in [9.17, 15) is 4.39 Å². The van der Waals surface area contributed by atoms with Crippen molar-refractivity contribution in [3.8, 4) is 11.1 Å². The van der Waals surface area contributed by atoms with Gasteiger partial charge in [-0.05, 0) is 41.9 Å². The second-order valence-corrected chi connectivity index (χ2v) is 4.27. The molecule has 2 rings (SSSR count). The van der Waals surface area contributed by atoms with E-state index in [2.05, 4.69) is 5.32 Å². The molecule has 0 radical (unpaired) electrons.